The highest BCUT2D eigenvalue weighted by atomic mass is 79.9. The number of unbranched alkanes of at least 4 members (excludes halogenated alkanes) is 12. The highest BCUT2D eigenvalue weighted by Crippen LogP contribution is 2.14. The third kappa shape index (κ3) is 14.0. The van der Waals surface area contributed by atoms with Crippen LogP contribution < -0.4 is 5.73 Å². The topological polar surface area (TPSA) is 66.5 Å². The first kappa shape index (κ1) is 22.4. The first-order valence-electron chi connectivity index (χ1n) is 9.35. The molecule has 0 bridgehead atoms. The van der Waals surface area contributed by atoms with Gasteiger partial charge in [0.15, 0.2) is 0 Å². The van der Waals surface area contributed by atoms with E-state index in [1.54, 1.807) is 0 Å². The molecule has 0 aromatic heterocycles. The Bertz CT molecular complexity index is 227. The molecule has 22 heavy (non-hydrogen) atoms. The molecule has 0 saturated heterocycles. The van der Waals surface area contributed by atoms with Crippen LogP contribution in [0.4, 0.5) is 0 Å². The summed E-state index contributed by atoms with van der Waals surface area (Å²) in [5, 5.41) is 18.2. The quantitative estimate of drug-likeness (QED) is 0.264. The summed E-state index contributed by atoms with van der Waals surface area (Å²) in [5.74, 6) is 0. The molecule has 0 fully saturated rings. The summed E-state index contributed by atoms with van der Waals surface area (Å²) in [6.45, 7) is 2.26. The van der Waals surface area contributed by atoms with Gasteiger partial charge in [0.25, 0.3) is 0 Å². The van der Waals surface area contributed by atoms with Crippen LogP contribution in [0.3, 0.4) is 0 Å². The Hall–Kier alpha value is 0.360. The van der Waals surface area contributed by atoms with Crippen molar-refractivity contribution in [1.29, 1.82) is 0 Å². The van der Waals surface area contributed by atoms with Crippen LogP contribution in [-0.4, -0.2) is 27.4 Å². The summed E-state index contributed by atoms with van der Waals surface area (Å²) in [6, 6.07) is -0.586. The van der Waals surface area contributed by atoms with Gasteiger partial charge in [-0.25, -0.2) is 0 Å². The van der Waals surface area contributed by atoms with Crippen molar-refractivity contribution in [2.45, 2.75) is 114 Å². The lowest BCUT2D eigenvalue weighted by atomic mass is 10.0. The van der Waals surface area contributed by atoms with Gasteiger partial charge in [0, 0.05) is 0 Å². The number of rotatable bonds is 16. The fourth-order valence-corrected chi connectivity index (χ4v) is 3.10. The van der Waals surface area contributed by atoms with Crippen LogP contribution in [0, 0.1) is 0 Å². The minimum atomic E-state index is -0.815. The summed E-state index contributed by atoms with van der Waals surface area (Å²) in [6.07, 6.45) is 17.3. The number of aliphatic hydroxyl groups excluding tert-OH is 2. The maximum Gasteiger partial charge on any atom is 0.126 e. The molecule has 0 radical (unpaired) electrons. The number of nitrogens with two attached hydrogens (primary N) is 1. The van der Waals surface area contributed by atoms with Gasteiger partial charge in [0.2, 0.25) is 0 Å². The maximum atomic E-state index is 9.75. The molecule has 0 saturated carbocycles. The van der Waals surface area contributed by atoms with Crippen molar-refractivity contribution >= 4 is 15.9 Å². The van der Waals surface area contributed by atoms with Gasteiger partial charge in [-0.05, 0) is 6.42 Å². The van der Waals surface area contributed by atoms with Crippen LogP contribution in [-0.2, 0) is 0 Å². The Morgan fingerprint density at radius 3 is 1.45 bits per heavy atom. The summed E-state index contributed by atoms with van der Waals surface area (Å²) in [5.41, 5.74) is 5.66. The molecule has 3 nitrogen and oxygen atoms in total. The predicted molar refractivity (Wildman–Crippen MR) is 99.2 cm³/mol. The Labute approximate surface area is 146 Å². The summed E-state index contributed by atoms with van der Waals surface area (Å²) < 4.78 is 0. The second kappa shape index (κ2) is 16.2. The lowest BCUT2D eigenvalue weighted by Crippen LogP contribution is -2.41. The predicted octanol–water partition coefficient (Wildman–Crippen LogP) is 4.87. The Kier molecular flexibility index (Phi) is 16.5. The SMILES string of the molecule is CCCCCCCCCCCCCCC[C@@H](O)[C@H](N)C(O)Br. The third-order valence-corrected chi connectivity index (χ3v) is 4.98. The largest absolute Gasteiger partial charge is 0.391 e. The van der Waals surface area contributed by atoms with Gasteiger partial charge in [-0.15, -0.1) is 0 Å². The van der Waals surface area contributed by atoms with Crippen molar-refractivity contribution in [3.8, 4) is 0 Å². The molecule has 4 N–H and O–H groups in total. The molecular formula is C18H38BrNO2. The van der Waals surface area contributed by atoms with Gasteiger partial charge in [0.1, 0.15) is 5.01 Å². The molecule has 0 aliphatic rings. The van der Waals surface area contributed by atoms with Crippen LogP contribution in [0.5, 0.6) is 0 Å². The molecule has 4 heteroatoms. The van der Waals surface area contributed by atoms with E-state index in [0.29, 0.717) is 6.42 Å². The molecule has 0 spiro atoms. The second-order valence-corrected chi connectivity index (χ2v) is 7.49. The highest BCUT2D eigenvalue weighted by molar-refractivity contribution is 9.09. The average molecular weight is 380 g/mol. The summed E-state index contributed by atoms with van der Waals surface area (Å²) in [7, 11) is 0. The Morgan fingerprint density at radius 2 is 1.09 bits per heavy atom. The summed E-state index contributed by atoms with van der Waals surface area (Å²) >= 11 is 2.99. The number of hydrogen-bond donors (Lipinski definition) is 3. The number of halogens is 1. The van der Waals surface area contributed by atoms with E-state index in [2.05, 4.69) is 22.9 Å². The third-order valence-electron chi connectivity index (χ3n) is 4.37. The molecule has 0 amide bonds. The molecule has 0 heterocycles. The van der Waals surface area contributed by atoms with Gasteiger partial charge in [0.05, 0.1) is 12.1 Å². The lowest BCUT2D eigenvalue weighted by molar-refractivity contribution is 0.0892. The Morgan fingerprint density at radius 1 is 0.727 bits per heavy atom. The zero-order chi connectivity index (χ0) is 16.6. The van der Waals surface area contributed by atoms with E-state index in [-0.39, 0.29) is 0 Å². The standard InChI is InChI=1S/C18H38BrNO2/c1-2-3-4-5-6-7-8-9-10-11-12-13-14-15-16(21)17(20)18(19)22/h16-18,21-22H,2-15,20H2,1H3/t16-,17+,18?/m1/s1. The minimum Gasteiger partial charge on any atom is -0.391 e. The lowest BCUT2D eigenvalue weighted by Gasteiger charge is -2.19. The van der Waals surface area contributed by atoms with Crippen LogP contribution >= 0.6 is 15.9 Å². The molecule has 134 valence electrons. The molecule has 0 aliphatic heterocycles. The van der Waals surface area contributed by atoms with Crippen molar-refractivity contribution in [3.05, 3.63) is 0 Å². The normalized spacial score (nSPS) is 15.7. The first-order chi connectivity index (χ1) is 10.6. The van der Waals surface area contributed by atoms with Crippen molar-refractivity contribution in [3.63, 3.8) is 0 Å². The van der Waals surface area contributed by atoms with E-state index in [1.807, 2.05) is 0 Å². The molecule has 0 aromatic rings. The number of hydrogen-bond acceptors (Lipinski definition) is 3. The van der Waals surface area contributed by atoms with Crippen LogP contribution in [0.2, 0.25) is 0 Å². The number of aliphatic hydroxyl groups is 2. The van der Waals surface area contributed by atoms with Crippen molar-refractivity contribution in [1.82, 2.24) is 0 Å². The summed E-state index contributed by atoms with van der Waals surface area (Å²) in [4.78, 5) is 0. The highest BCUT2D eigenvalue weighted by Gasteiger charge is 2.19. The van der Waals surface area contributed by atoms with Gasteiger partial charge < -0.3 is 15.9 Å². The average Bonchev–Trinajstić information content (AvgIpc) is 2.50. The zero-order valence-electron chi connectivity index (χ0n) is 14.5. The maximum absolute atomic E-state index is 9.75. The van der Waals surface area contributed by atoms with Gasteiger partial charge in [-0.3, -0.25) is 0 Å². The van der Waals surface area contributed by atoms with Crippen LogP contribution in [0.25, 0.3) is 0 Å². The zero-order valence-corrected chi connectivity index (χ0v) is 16.1. The fraction of sp³-hybridized carbons (Fsp3) is 1.00. The van der Waals surface area contributed by atoms with Gasteiger partial charge in [-0.2, -0.15) is 0 Å². The van der Waals surface area contributed by atoms with Crippen molar-refractivity contribution in [2.24, 2.45) is 5.73 Å². The van der Waals surface area contributed by atoms with E-state index in [9.17, 15) is 10.2 Å². The second-order valence-electron chi connectivity index (χ2n) is 6.55. The molecular weight excluding hydrogens is 342 g/mol. The van der Waals surface area contributed by atoms with E-state index in [1.165, 1.54) is 70.6 Å². The van der Waals surface area contributed by atoms with E-state index < -0.39 is 17.2 Å². The van der Waals surface area contributed by atoms with E-state index >= 15 is 0 Å². The van der Waals surface area contributed by atoms with Gasteiger partial charge >= 0.3 is 0 Å². The molecule has 0 aromatic carbocycles. The van der Waals surface area contributed by atoms with Gasteiger partial charge in [-0.1, -0.05) is 106 Å². The first-order valence-corrected chi connectivity index (χ1v) is 10.3. The van der Waals surface area contributed by atoms with Crippen molar-refractivity contribution < 1.29 is 10.2 Å². The molecule has 1 unspecified atom stereocenters. The van der Waals surface area contributed by atoms with Crippen LogP contribution in [0.1, 0.15) is 96.8 Å². The molecule has 0 rings (SSSR count). The molecule has 3 atom stereocenters. The monoisotopic (exact) mass is 379 g/mol. The fourth-order valence-electron chi connectivity index (χ4n) is 2.75. The van der Waals surface area contributed by atoms with Crippen LogP contribution in [0.15, 0.2) is 0 Å². The smallest absolute Gasteiger partial charge is 0.126 e. The molecule has 0 aliphatic carbocycles. The van der Waals surface area contributed by atoms with E-state index in [4.69, 9.17) is 5.73 Å². The van der Waals surface area contributed by atoms with E-state index in [0.717, 1.165) is 12.8 Å². The minimum absolute atomic E-state index is 0.586. The van der Waals surface area contributed by atoms with Crippen molar-refractivity contribution in [2.75, 3.05) is 0 Å². The Balaban J connectivity index is 3.17. The number of alkyl halides is 1.